The molecule has 0 aliphatic rings. The molecule has 0 saturated carbocycles. The van der Waals surface area contributed by atoms with Gasteiger partial charge in [-0.3, -0.25) is 0 Å². The maximum atomic E-state index is 11.7. The molecule has 116 valence electrons. The van der Waals surface area contributed by atoms with Gasteiger partial charge in [0, 0.05) is 6.54 Å². The van der Waals surface area contributed by atoms with Crippen LogP contribution < -0.4 is 5.43 Å². The van der Waals surface area contributed by atoms with Crippen LogP contribution in [0.1, 0.15) is 33.6 Å². The summed E-state index contributed by atoms with van der Waals surface area (Å²) < 4.78 is 5.11. The molecule has 0 aromatic carbocycles. The van der Waals surface area contributed by atoms with Crippen molar-refractivity contribution in [2.75, 3.05) is 19.7 Å². The molecular formula is C11H21N3O6. The van der Waals surface area contributed by atoms with Crippen LogP contribution in [0.5, 0.6) is 0 Å². The summed E-state index contributed by atoms with van der Waals surface area (Å²) in [6.07, 6.45) is 0.932. The van der Waals surface area contributed by atoms with E-state index >= 15 is 0 Å². The summed E-state index contributed by atoms with van der Waals surface area (Å²) in [6.45, 7) is 5.39. The van der Waals surface area contributed by atoms with Crippen LogP contribution in [0.15, 0.2) is 0 Å². The fourth-order valence-electron chi connectivity index (χ4n) is 1.18. The number of carbonyl (C=O) groups is 2. The third kappa shape index (κ3) is 10.1. The first kappa shape index (κ1) is 18.1. The van der Waals surface area contributed by atoms with Crippen molar-refractivity contribution in [3.05, 3.63) is 10.1 Å². The molecule has 0 radical (unpaired) electrons. The summed E-state index contributed by atoms with van der Waals surface area (Å²) in [5.74, 6) is 0. The fourth-order valence-corrected chi connectivity index (χ4v) is 1.18. The Bertz CT molecular complexity index is 329. The zero-order chi connectivity index (χ0) is 15.6. The van der Waals surface area contributed by atoms with Crippen LogP contribution in [-0.2, 0) is 14.4 Å². The lowest BCUT2D eigenvalue weighted by atomic mass is 10.2. The first-order chi connectivity index (χ1) is 9.26. The molecule has 0 aliphatic heterocycles. The molecule has 0 bridgehead atoms. The van der Waals surface area contributed by atoms with Crippen LogP contribution in [0.4, 0.5) is 4.79 Å². The summed E-state index contributed by atoms with van der Waals surface area (Å²) in [7, 11) is 0. The van der Waals surface area contributed by atoms with Gasteiger partial charge < -0.3 is 14.4 Å². The van der Waals surface area contributed by atoms with Gasteiger partial charge in [-0.1, -0.05) is 0 Å². The highest BCUT2D eigenvalue weighted by atomic mass is 16.9. The number of ether oxygens (including phenoxy) is 1. The Balaban J connectivity index is 3.99. The number of hydrazine groups is 1. The number of unbranched alkanes of at least 4 members (excludes halogenated alkanes) is 1. The van der Waals surface area contributed by atoms with Crippen molar-refractivity contribution in [2.45, 2.75) is 39.2 Å². The van der Waals surface area contributed by atoms with Gasteiger partial charge >= 0.3 is 6.09 Å². The summed E-state index contributed by atoms with van der Waals surface area (Å²) in [5.41, 5.74) is 2.08. The van der Waals surface area contributed by atoms with E-state index in [-0.39, 0.29) is 13.2 Å². The molecule has 0 atom stereocenters. The van der Waals surface area contributed by atoms with E-state index < -0.39 is 16.8 Å². The zero-order valence-electron chi connectivity index (χ0n) is 12.0. The molecule has 0 rings (SSSR count). The smallest absolute Gasteiger partial charge is 0.425 e. The summed E-state index contributed by atoms with van der Waals surface area (Å²) in [5, 5.41) is 10.1. The average Bonchev–Trinajstić information content (AvgIpc) is 2.29. The first-order valence-corrected chi connectivity index (χ1v) is 6.21. The van der Waals surface area contributed by atoms with E-state index in [0.717, 1.165) is 5.01 Å². The Hall–Kier alpha value is -1.90. The van der Waals surface area contributed by atoms with E-state index in [1.54, 1.807) is 20.8 Å². The van der Waals surface area contributed by atoms with E-state index in [0.29, 0.717) is 25.7 Å². The minimum Gasteiger partial charge on any atom is -0.443 e. The minimum absolute atomic E-state index is 0.00516. The normalized spacial score (nSPS) is 10.8. The molecule has 9 nitrogen and oxygen atoms in total. The van der Waals surface area contributed by atoms with Crippen molar-refractivity contribution in [2.24, 2.45) is 0 Å². The highest BCUT2D eigenvalue weighted by molar-refractivity contribution is 5.71. The van der Waals surface area contributed by atoms with Crippen molar-refractivity contribution in [1.82, 2.24) is 10.4 Å². The number of rotatable bonds is 9. The standard InChI is InChI=1S/C11H21N3O6/c1-11(2,3)20-10(16)13(7-8-15)12-6-4-5-9-19-14(17)18/h8,12H,4-7,9H2,1-3H3. The predicted octanol–water partition coefficient (Wildman–Crippen LogP) is 0.916. The van der Waals surface area contributed by atoms with E-state index in [4.69, 9.17) is 4.74 Å². The monoisotopic (exact) mass is 291 g/mol. The van der Waals surface area contributed by atoms with Gasteiger partial charge in [-0.05, 0) is 33.6 Å². The van der Waals surface area contributed by atoms with Crippen LogP contribution in [-0.4, -0.2) is 47.8 Å². The molecule has 0 saturated heterocycles. The van der Waals surface area contributed by atoms with Crippen LogP contribution >= 0.6 is 0 Å². The lowest BCUT2D eigenvalue weighted by Crippen LogP contribution is -2.46. The van der Waals surface area contributed by atoms with Gasteiger partial charge in [0.25, 0.3) is 5.09 Å². The minimum atomic E-state index is -0.854. The van der Waals surface area contributed by atoms with Gasteiger partial charge in [0.05, 0.1) is 13.2 Å². The summed E-state index contributed by atoms with van der Waals surface area (Å²) in [6, 6.07) is 0. The van der Waals surface area contributed by atoms with Crippen molar-refractivity contribution in [3.63, 3.8) is 0 Å². The Kier molecular flexibility index (Phi) is 8.21. The highest BCUT2D eigenvalue weighted by Gasteiger charge is 2.21. The third-order valence-corrected chi connectivity index (χ3v) is 1.94. The lowest BCUT2D eigenvalue weighted by Gasteiger charge is -2.26. The molecule has 0 aromatic heterocycles. The van der Waals surface area contributed by atoms with Crippen molar-refractivity contribution in [3.8, 4) is 0 Å². The van der Waals surface area contributed by atoms with Crippen molar-refractivity contribution < 1.29 is 24.3 Å². The number of amides is 1. The maximum absolute atomic E-state index is 11.7. The molecule has 0 spiro atoms. The second kappa shape index (κ2) is 9.08. The van der Waals surface area contributed by atoms with Crippen LogP contribution in [0.3, 0.4) is 0 Å². The van der Waals surface area contributed by atoms with E-state index in [2.05, 4.69) is 10.3 Å². The quantitative estimate of drug-likeness (QED) is 0.291. The van der Waals surface area contributed by atoms with Crippen molar-refractivity contribution >= 4 is 12.4 Å². The molecule has 0 unspecified atom stereocenters. The Morgan fingerprint density at radius 2 is 2.05 bits per heavy atom. The largest absolute Gasteiger partial charge is 0.443 e. The van der Waals surface area contributed by atoms with Gasteiger partial charge in [-0.2, -0.15) is 0 Å². The second-order valence-electron chi connectivity index (χ2n) is 4.93. The fraction of sp³-hybridized carbons (Fsp3) is 0.818. The lowest BCUT2D eigenvalue weighted by molar-refractivity contribution is -0.757. The Labute approximate surface area is 117 Å². The Morgan fingerprint density at radius 3 is 2.55 bits per heavy atom. The molecule has 0 fully saturated rings. The SMILES string of the molecule is CC(C)(C)OC(=O)N(CC=O)NCCCCO[N+](=O)[O-]. The van der Waals surface area contributed by atoms with E-state index in [1.807, 2.05) is 0 Å². The number of carbonyl (C=O) groups excluding carboxylic acids is 2. The van der Waals surface area contributed by atoms with Crippen LogP contribution in [0.2, 0.25) is 0 Å². The predicted molar refractivity (Wildman–Crippen MR) is 69.2 cm³/mol. The molecule has 9 heteroatoms. The van der Waals surface area contributed by atoms with Gasteiger partial charge in [0.2, 0.25) is 0 Å². The van der Waals surface area contributed by atoms with Gasteiger partial charge in [0.1, 0.15) is 11.9 Å². The molecule has 1 N–H and O–H groups in total. The molecule has 0 aliphatic carbocycles. The molecular weight excluding hydrogens is 270 g/mol. The zero-order valence-corrected chi connectivity index (χ0v) is 12.0. The number of nitrogens with zero attached hydrogens (tertiary/aromatic N) is 2. The van der Waals surface area contributed by atoms with Gasteiger partial charge in [-0.15, -0.1) is 10.1 Å². The molecule has 1 amide bonds. The summed E-state index contributed by atoms with van der Waals surface area (Å²) in [4.78, 5) is 36.3. The van der Waals surface area contributed by atoms with E-state index in [1.165, 1.54) is 0 Å². The van der Waals surface area contributed by atoms with Crippen LogP contribution in [0.25, 0.3) is 0 Å². The number of hydrogen-bond acceptors (Lipinski definition) is 7. The molecule has 0 aromatic rings. The number of aldehydes is 1. The maximum Gasteiger partial charge on any atom is 0.425 e. The van der Waals surface area contributed by atoms with Gasteiger partial charge in [0.15, 0.2) is 0 Å². The number of nitrogens with one attached hydrogen (secondary N) is 1. The van der Waals surface area contributed by atoms with E-state index in [9.17, 15) is 19.7 Å². The molecule has 20 heavy (non-hydrogen) atoms. The van der Waals surface area contributed by atoms with Gasteiger partial charge in [-0.25, -0.2) is 15.2 Å². The number of hydrogen-bond donors (Lipinski definition) is 1. The first-order valence-electron chi connectivity index (χ1n) is 6.21. The highest BCUT2D eigenvalue weighted by Crippen LogP contribution is 2.08. The van der Waals surface area contributed by atoms with Crippen molar-refractivity contribution in [1.29, 1.82) is 0 Å². The third-order valence-electron chi connectivity index (χ3n) is 1.94. The topological polar surface area (TPSA) is 111 Å². The van der Waals surface area contributed by atoms with Crippen LogP contribution in [0, 0.1) is 10.1 Å². The second-order valence-corrected chi connectivity index (χ2v) is 4.93. The molecule has 0 heterocycles. The summed E-state index contributed by atoms with van der Waals surface area (Å²) >= 11 is 0. The Morgan fingerprint density at radius 1 is 1.40 bits per heavy atom. The average molecular weight is 291 g/mol.